The minimum Gasteiger partial charge on any atom is -0.462 e. The fourth-order valence-electron chi connectivity index (χ4n) is 4.55. The molecule has 7 heteroatoms. The molecule has 0 aromatic heterocycles. The van der Waals surface area contributed by atoms with Crippen molar-refractivity contribution in [3.8, 4) is 0 Å². The van der Waals surface area contributed by atoms with E-state index in [9.17, 15) is 19.2 Å². The average molecular weight is 475 g/mol. The Labute approximate surface area is 205 Å². The molecule has 0 spiro atoms. The molecule has 35 heavy (non-hydrogen) atoms. The van der Waals surface area contributed by atoms with Gasteiger partial charge in [0.25, 0.3) is 5.91 Å². The number of unbranched alkanes of at least 4 members (excludes halogenated alkanes) is 2. The Balaban J connectivity index is 1.36. The second-order valence-corrected chi connectivity index (χ2v) is 9.14. The van der Waals surface area contributed by atoms with Crippen LogP contribution in [-0.2, 0) is 14.3 Å². The molecule has 182 valence electrons. The Morgan fingerprint density at radius 2 is 1.60 bits per heavy atom. The van der Waals surface area contributed by atoms with Crippen LogP contribution >= 0.6 is 0 Å². The van der Waals surface area contributed by atoms with Crippen LogP contribution in [0.2, 0.25) is 0 Å². The van der Waals surface area contributed by atoms with Crippen molar-refractivity contribution in [2.45, 2.75) is 46.0 Å². The van der Waals surface area contributed by atoms with Crippen molar-refractivity contribution in [1.29, 1.82) is 0 Å². The molecule has 1 aliphatic carbocycles. The fourth-order valence-corrected chi connectivity index (χ4v) is 4.55. The number of esters is 1. The third-order valence-corrected chi connectivity index (χ3v) is 6.57. The second kappa shape index (κ2) is 10.7. The van der Waals surface area contributed by atoms with E-state index in [2.05, 4.69) is 12.2 Å². The third-order valence-electron chi connectivity index (χ3n) is 6.57. The molecule has 0 bridgehead atoms. The van der Waals surface area contributed by atoms with E-state index in [1.165, 1.54) is 4.90 Å². The number of ether oxygens (including phenoxy) is 1. The zero-order valence-electron chi connectivity index (χ0n) is 20.1. The first-order valence-electron chi connectivity index (χ1n) is 12.1. The van der Waals surface area contributed by atoms with Crippen LogP contribution < -0.4 is 10.2 Å². The number of anilines is 2. The molecule has 0 unspecified atom stereocenters. The zero-order chi connectivity index (χ0) is 24.9. The summed E-state index contributed by atoms with van der Waals surface area (Å²) in [5, 5.41) is 2.79. The Morgan fingerprint density at radius 3 is 2.29 bits per heavy atom. The summed E-state index contributed by atoms with van der Waals surface area (Å²) in [5.41, 5.74) is 2.97. The molecule has 0 saturated carbocycles. The molecule has 2 atom stereocenters. The quantitative estimate of drug-likeness (QED) is 0.248. The number of nitrogens with zero attached hydrogens (tertiary/aromatic N) is 1. The number of imide groups is 1. The van der Waals surface area contributed by atoms with Gasteiger partial charge in [-0.25, -0.2) is 4.79 Å². The molecular formula is C28H30N2O5. The molecule has 2 aromatic carbocycles. The Bertz CT molecular complexity index is 1150. The minimum atomic E-state index is -0.383. The van der Waals surface area contributed by atoms with E-state index in [0.29, 0.717) is 42.0 Å². The van der Waals surface area contributed by atoms with Gasteiger partial charge in [0.15, 0.2) is 0 Å². The monoisotopic (exact) mass is 474 g/mol. The number of hydrogen-bond acceptors (Lipinski definition) is 5. The van der Waals surface area contributed by atoms with Gasteiger partial charge in [-0.1, -0.05) is 31.4 Å². The molecule has 1 saturated heterocycles. The first kappa shape index (κ1) is 24.4. The molecule has 1 fully saturated rings. The lowest BCUT2D eigenvalue weighted by atomic mass is 9.82. The normalized spacial score (nSPS) is 19.3. The van der Waals surface area contributed by atoms with Gasteiger partial charge in [-0.15, -0.1) is 0 Å². The van der Waals surface area contributed by atoms with Gasteiger partial charge in [-0.05, 0) is 74.7 Å². The number of hydrogen-bond donors (Lipinski definition) is 1. The summed E-state index contributed by atoms with van der Waals surface area (Å²) in [5.74, 6) is -1.67. The number of nitrogens with one attached hydrogen (secondary N) is 1. The highest BCUT2D eigenvalue weighted by atomic mass is 16.5. The summed E-state index contributed by atoms with van der Waals surface area (Å²) >= 11 is 0. The lowest BCUT2D eigenvalue weighted by molar-refractivity contribution is -0.122. The predicted octanol–water partition coefficient (Wildman–Crippen LogP) is 5.13. The third kappa shape index (κ3) is 5.34. The molecule has 1 aliphatic heterocycles. The summed E-state index contributed by atoms with van der Waals surface area (Å²) in [4.78, 5) is 51.7. The number of carbonyl (C=O) groups excluding carboxylic acids is 4. The predicted molar refractivity (Wildman–Crippen MR) is 133 cm³/mol. The van der Waals surface area contributed by atoms with E-state index in [4.69, 9.17) is 4.74 Å². The SMILES string of the molecule is CCCCCOC(=O)c1ccc(NC(=O)c2ccc(N3C(=O)[C@H]4CC=C(C)C[C@H]4C3=O)cc2)cc1. The van der Waals surface area contributed by atoms with Crippen molar-refractivity contribution < 1.29 is 23.9 Å². The maximum Gasteiger partial charge on any atom is 0.338 e. The van der Waals surface area contributed by atoms with Crippen LogP contribution in [-0.4, -0.2) is 30.3 Å². The van der Waals surface area contributed by atoms with Crippen molar-refractivity contribution in [1.82, 2.24) is 0 Å². The molecule has 1 N–H and O–H groups in total. The summed E-state index contributed by atoms with van der Waals surface area (Å²) in [7, 11) is 0. The van der Waals surface area contributed by atoms with Crippen molar-refractivity contribution >= 4 is 35.1 Å². The van der Waals surface area contributed by atoms with Gasteiger partial charge in [-0.3, -0.25) is 19.3 Å². The molecule has 2 aromatic rings. The largest absolute Gasteiger partial charge is 0.462 e. The van der Waals surface area contributed by atoms with E-state index >= 15 is 0 Å². The highest BCUT2D eigenvalue weighted by molar-refractivity contribution is 6.22. The fraction of sp³-hybridized carbons (Fsp3) is 0.357. The van der Waals surface area contributed by atoms with Gasteiger partial charge >= 0.3 is 5.97 Å². The molecular weight excluding hydrogens is 444 g/mol. The Kier molecular flexibility index (Phi) is 7.44. The lowest BCUT2D eigenvalue weighted by Gasteiger charge is -2.18. The molecule has 2 aliphatic rings. The van der Waals surface area contributed by atoms with Crippen LogP contribution in [0.5, 0.6) is 0 Å². The van der Waals surface area contributed by atoms with Crippen molar-refractivity contribution in [3.05, 3.63) is 71.3 Å². The van der Waals surface area contributed by atoms with Crippen LogP contribution in [0.15, 0.2) is 60.2 Å². The number of allylic oxidation sites excluding steroid dienone is 2. The minimum absolute atomic E-state index is 0.173. The number of fused-ring (bicyclic) bond motifs is 1. The highest BCUT2D eigenvalue weighted by Gasteiger charge is 2.48. The van der Waals surface area contributed by atoms with Gasteiger partial charge in [0.1, 0.15) is 0 Å². The van der Waals surface area contributed by atoms with Crippen LogP contribution in [0, 0.1) is 11.8 Å². The number of benzene rings is 2. The highest BCUT2D eigenvalue weighted by Crippen LogP contribution is 2.39. The maximum atomic E-state index is 12.9. The summed E-state index contributed by atoms with van der Waals surface area (Å²) in [6, 6.07) is 13.0. The molecule has 1 heterocycles. The van der Waals surface area contributed by atoms with E-state index < -0.39 is 0 Å². The van der Waals surface area contributed by atoms with Crippen LogP contribution in [0.1, 0.15) is 66.7 Å². The van der Waals surface area contributed by atoms with Gasteiger partial charge in [0, 0.05) is 11.3 Å². The van der Waals surface area contributed by atoms with Crippen LogP contribution in [0.3, 0.4) is 0 Å². The maximum absolute atomic E-state index is 12.9. The van der Waals surface area contributed by atoms with E-state index in [1.54, 1.807) is 48.5 Å². The van der Waals surface area contributed by atoms with Gasteiger partial charge in [-0.2, -0.15) is 0 Å². The summed E-state index contributed by atoms with van der Waals surface area (Å²) < 4.78 is 5.24. The van der Waals surface area contributed by atoms with Gasteiger partial charge in [0.05, 0.1) is 29.7 Å². The summed E-state index contributed by atoms with van der Waals surface area (Å²) in [6.07, 6.45) is 6.15. The van der Waals surface area contributed by atoms with E-state index in [0.717, 1.165) is 24.8 Å². The molecule has 7 nitrogen and oxygen atoms in total. The summed E-state index contributed by atoms with van der Waals surface area (Å²) in [6.45, 7) is 4.47. The van der Waals surface area contributed by atoms with Gasteiger partial charge in [0.2, 0.25) is 11.8 Å². The van der Waals surface area contributed by atoms with E-state index in [-0.39, 0.29) is 35.5 Å². The first-order chi connectivity index (χ1) is 16.9. The Hall–Kier alpha value is -3.74. The van der Waals surface area contributed by atoms with Crippen LogP contribution in [0.4, 0.5) is 11.4 Å². The van der Waals surface area contributed by atoms with E-state index in [1.807, 2.05) is 13.0 Å². The topological polar surface area (TPSA) is 92.8 Å². The van der Waals surface area contributed by atoms with Crippen molar-refractivity contribution in [3.63, 3.8) is 0 Å². The second-order valence-electron chi connectivity index (χ2n) is 9.14. The molecule has 4 rings (SSSR count). The van der Waals surface area contributed by atoms with Crippen molar-refractivity contribution in [2.75, 3.05) is 16.8 Å². The smallest absolute Gasteiger partial charge is 0.338 e. The number of amides is 3. The van der Waals surface area contributed by atoms with Gasteiger partial charge < -0.3 is 10.1 Å². The van der Waals surface area contributed by atoms with Crippen molar-refractivity contribution in [2.24, 2.45) is 11.8 Å². The zero-order valence-corrected chi connectivity index (χ0v) is 20.1. The Morgan fingerprint density at radius 1 is 0.943 bits per heavy atom. The molecule has 3 amide bonds. The lowest BCUT2D eigenvalue weighted by Crippen LogP contribution is -2.30. The first-order valence-corrected chi connectivity index (χ1v) is 12.1. The number of rotatable bonds is 8. The average Bonchev–Trinajstić information content (AvgIpc) is 3.11. The number of carbonyl (C=O) groups is 4. The van der Waals surface area contributed by atoms with Crippen LogP contribution in [0.25, 0.3) is 0 Å². The standard InChI is InChI=1S/C28H30N2O5/c1-3-4-5-16-35-28(34)20-7-11-21(12-8-20)29-25(31)19-9-13-22(14-10-19)30-26(32)23-15-6-18(2)17-24(23)27(30)33/h6-14,23-24H,3-5,15-17H2,1-2H3,(H,29,31)/t23-,24+/m0/s1. The molecule has 0 radical (unpaired) electrons.